The third-order valence-corrected chi connectivity index (χ3v) is 2.82. The van der Waals surface area contributed by atoms with Crippen LogP contribution in [0.3, 0.4) is 0 Å². The Kier molecular flexibility index (Phi) is 4.22. The number of aromatic nitrogens is 2. The first-order chi connectivity index (χ1) is 8.38. The van der Waals surface area contributed by atoms with Gasteiger partial charge in [0.25, 0.3) is 0 Å². The largest absolute Gasteiger partial charge is 0.316 e. The van der Waals surface area contributed by atoms with E-state index < -0.39 is 0 Å². The van der Waals surface area contributed by atoms with Crippen LogP contribution >= 0.6 is 0 Å². The summed E-state index contributed by atoms with van der Waals surface area (Å²) in [5.74, 6) is 0. The zero-order chi connectivity index (χ0) is 11.9. The van der Waals surface area contributed by atoms with Crippen LogP contribution in [0.15, 0.2) is 49.1 Å². The van der Waals surface area contributed by atoms with Crippen LogP contribution < -0.4 is 5.32 Å². The van der Waals surface area contributed by atoms with Crippen molar-refractivity contribution in [3.63, 3.8) is 0 Å². The van der Waals surface area contributed by atoms with Crippen LogP contribution in [0.2, 0.25) is 0 Å². The summed E-state index contributed by atoms with van der Waals surface area (Å²) >= 11 is 0. The molecule has 0 aromatic carbocycles. The molecule has 0 unspecified atom stereocenters. The van der Waals surface area contributed by atoms with Gasteiger partial charge in [-0.05, 0) is 43.1 Å². The minimum atomic E-state index is 0.420. The smallest absolute Gasteiger partial charge is 0.0300 e. The Morgan fingerprint density at radius 1 is 1.00 bits per heavy atom. The second-order valence-electron chi connectivity index (χ2n) is 4.12. The van der Waals surface area contributed by atoms with E-state index in [9.17, 15) is 0 Å². The summed E-state index contributed by atoms with van der Waals surface area (Å²) in [6.07, 6.45) is 9.43. The molecule has 3 nitrogen and oxygen atoms in total. The number of likely N-dealkylation sites (N-methyl/N-ethyl adjacent to an activating group) is 1. The lowest BCUT2D eigenvalue weighted by atomic mass is 10.0. The fraction of sp³-hybridized carbons (Fsp3) is 0.286. The van der Waals surface area contributed by atoms with Gasteiger partial charge in [-0.1, -0.05) is 12.1 Å². The molecule has 17 heavy (non-hydrogen) atoms. The minimum absolute atomic E-state index is 0.420. The van der Waals surface area contributed by atoms with Crippen LogP contribution in [0.5, 0.6) is 0 Å². The molecule has 3 heteroatoms. The van der Waals surface area contributed by atoms with Crippen molar-refractivity contribution < 1.29 is 0 Å². The number of hydrogen-bond donors (Lipinski definition) is 1. The molecule has 0 radical (unpaired) electrons. The fourth-order valence-electron chi connectivity index (χ4n) is 1.88. The molecule has 0 saturated heterocycles. The third-order valence-electron chi connectivity index (χ3n) is 2.82. The van der Waals surface area contributed by atoms with E-state index in [0.29, 0.717) is 6.04 Å². The van der Waals surface area contributed by atoms with Gasteiger partial charge in [0.2, 0.25) is 0 Å². The van der Waals surface area contributed by atoms with Crippen molar-refractivity contribution >= 4 is 0 Å². The average Bonchev–Trinajstić information content (AvgIpc) is 2.40. The maximum Gasteiger partial charge on any atom is 0.0300 e. The zero-order valence-corrected chi connectivity index (χ0v) is 10.0. The molecule has 88 valence electrons. The molecule has 0 spiro atoms. The molecule has 0 aliphatic heterocycles. The van der Waals surface area contributed by atoms with Gasteiger partial charge in [0.05, 0.1) is 0 Å². The Morgan fingerprint density at radius 2 is 1.53 bits per heavy atom. The molecule has 2 aromatic rings. The molecule has 1 N–H and O–H groups in total. The lowest BCUT2D eigenvalue weighted by molar-refractivity contribution is 0.555. The van der Waals surface area contributed by atoms with Gasteiger partial charge >= 0.3 is 0 Å². The molecular formula is C14H17N3. The zero-order valence-electron chi connectivity index (χ0n) is 10.0. The predicted molar refractivity (Wildman–Crippen MR) is 68.7 cm³/mol. The summed E-state index contributed by atoms with van der Waals surface area (Å²) < 4.78 is 0. The van der Waals surface area contributed by atoms with Crippen molar-refractivity contribution in [2.45, 2.75) is 18.9 Å². The first-order valence-electron chi connectivity index (χ1n) is 5.83. The van der Waals surface area contributed by atoms with E-state index in [-0.39, 0.29) is 0 Å². The molecule has 0 atom stereocenters. The van der Waals surface area contributed by atoms with E-state index in [2.05, 4.69) is 27.4 Å². The fourth-order valence-corrected chi connectivity index (χ4v) is 1.88. The number of hydrogen-bond acceptors (Lipinski definition) is 3. The SMILES string of the molecule is CNC(Cc1cccnc1)Cc1cccnc1. The van der Waals surface area contributed by atoms with E-state index >= 15 is 0 Å². The van der Waals surface area contributed by atoms with Gasteiger partial charge in [-0.15, -0.1) is 0 Å². The van der Waals surface area contributed by atoms with Gasteiger partial charge in [-0.3, -0.25) is 9.97 Å². The number of pyridine rings is 2. The van der Waals surface area contributed by atoms with E-state index in [0.717, 1.165) is 12.8 Å². The average molecular weight is 227 g/mol. The van der Waals surface area contributed by atoms with Crippen molar-refractivity contribution in [1.29, 1.82) is 0 Å². The van der Waals surface area contributed by atoms with E-state index in [1.807, 2.05) is 31.6 Å². The van der Waals surface area contributed by atoms with Crippen molar-refractivity contribution in [2.24, 2.45) is 0 Å². The second-order valence-corrected chi connectivity index (χ2v) is 4.12. The summed E-state index contributed by atoms with van der Waals surface area (Å²) in [5.41, 5.74) is 2.52. The summed E-state index contributed by atoms with van der Waals surface area (Å²) in [7, 11) is 2.00. The lowest BCUT2D eigenvalue weighted by Gasteiger charge is -2.15. The highest BCUT2D eigenvalue weighted by atomic mass is 14.9. The predicted octanol–water partition coefficient (Wildman–Crippen LogP) is 1.85. The van der Waals surface area contributed by atoms with Gasteiger partial charge in [0.15, 0.2) is 0 Å². The Labute approximate surface area is 102 Å². The number of nitrogens with zero attached hydrogens (tertiary/aromatic N) is 2. The van der Waals surface area contributed by atoms with Gasteiger partial charge in [0.1, 0.15) is 0 Å². The first kappa shape index (κ1) is 11.7. The second kappa shape index (κ2) is 6.11. The van der Waals surface area contributed by atoms with Crippen LogP contribution in [0.1, 0.15) is 11.1 Å². The minimum Gasteiger partial charge on any atom is -0.316 e. The molecule has 0 aliphatic carbocycles. The van der Waals surface area contributed by atoms with Crippen LogP contribution in [0, 0.1) is 0 Å². The Morgan fingerprint density at radius 3 is 1.88 bits per heavy atom. The van der Waals surface area contributed by atoms with E-state index in [4.69, 9.17) is 0 Å². The maximum atomic E-state index is 4.14. The Balaban J connectivity index is 1.98. The highest BCUT2D eigenvalue weighted by molar-refractivity contribution is 5.14. The molecule has 0 aliphatic rings. The third kappa shape index (κ3) is 3.64. The van der Waals surface area contributed by atoms with Crippen molar-refractivity contribution in [1.82, 2.24) is 15.3 Å². The van der Waals surface area contributed by atoms with Crippen molar-refractivity contribution in [3.8, 4) is 0 Å². The molecular weight excluding hydrogens is 210 g/mol. The summed E-state index contributed by atoms with van der Waals surface area (Å²) in [5, 5.41) is 3.34. The van der Waals surface area contributed by atoms with Gasteiger partial charge in [-0.2, -0.15) is 0 Å². The molecule has 0 amide bonds. The van der Waals surface area contributed by atoms with Gasteiger partial charge in [0, 0.05) is 30.8 Å². The van der Waals surface area contributed by atoms with Crippen LogP contribution in [-0.4, -0.2) is 23.1 Å². The molecule has 2 heterocycles. The Hall–Kier alpha value is -1.74. The maximum absolute atomic E-state index is 4.14. The monoisotopic (exact) mass is 227 g/mol. The normalized spacial score (nSPS) is 10.7. The van der Waals surface area contributed by atoms with E-state index in [1.165, 1.54) is 11.1 Å². The molecule has 0 bridgehead atoms. The summed E-state index contributed by atoms with van der Waals surface area (Å²) in [4.78, 5) is 8.28. The van der Waals surface area contributed by atoms with Crippen molar-refractivity contribution in [3.05, 3.63) is 60.2 Å². The summed E-state index contributed by atoms with van der Waals surface area (Å²) in [6.45, 7) is 0. The highest BCUT2D eigenvalue weighted by Crippen LogP contribution is 2.07. The number of nitrogens with one attached hydrogen (secondary N) is 1. The molecule has 0 saturated carbocycles. The molecule has 0 fully saturated rings. The molecule has 2 aromatic heterocycles. The number of rotatable bonds is 5. The van der Waals surface area contributed by atoms with E-state index in [1.54, 1.807) is 12.4 Å². The Bertz CT molecular complexity index is 386. The molecule has 2 rings (SSSR count). The quantitative estimate of drug-likeness (QED) is 0.847. The van der Waals surface area contributed by atoms with Crippen LogP contribution in [0.25, 0.3) is 0 Å². The standard InChI is InChI=1S/C14H17N3/c1-15-14(8-12-4-2-6-16-10-12)9-13-5-3-7-17-11-13/h2-7,10-11,14-15H,8-9H2,1H3. The van der Waals surface area contributed by atoms with Crippen LogP contribution in [0.4, 0.5) is 0 Å². The van der Waals surface area contributed by atoms with Crippen LogP contribution in [-0.2, 0) is 12.8 Å². The van der Waals surface area contributed by atoms with Gasteiger partial charge < -0.3 is 5.32 Å². The highest BCUT2D eigenvalue weighted by Gasteiger charge is 2.08. The summed E-state index contributed by atoms with van der Waals surface area (Å²) in [6, 6.07) is 8.60. The van der Waals surface area contributed by atoms with Gasteiger partial charge in [-0.25, -0.2) is 0 Å². The van der Waals surface area contributed by atoms with Crippen molar-refractivity contribution in [2.75, 3.05) is 7.05 Å². The lowest BCUT2D eigenvalue weighted by Crippen LogP contribution is -2.29. The first-order valence-corrected chi connectivity index (χ1v) is 5.83. The topological polar surface area (TPSA) is 37.8 Å².